The molecule has 0 aromatic carbocycles. The van der Waals surface area contributed by atoms with Crippen molar-refractivity contribution in [1.29, 1.82) is 0 Å². The van der Waals surface area contributed by atoms with Gasteiger partial charge in [-0.25, -0.2) is 19.3 Å². The second-order valence-electron chi connectivity index (χ2n) is 2.55. The first-order chi connectivity index (χ1) is 6.56. The van der Waals surface area contributed by atoms with Crippen molar-refractivity contribution in [2.24, 2.45) is 0 Å². The highest BCUT2D eigenvalue weighted by atomic mass is 16.5. The highest BCUT2D eigenvalue weighted by molar-refractivity contribution is 5.84. The van der Waals surface area contributed by atoms with E-state index in [1.165, 1.54) is 20.4 Å². The Kier molecular flexibility index (Phi) is 2.80. The molecule has 1 heterocycles. The smallest absolute Gasteiger partial charge is 0.377 e. The van der Waals surface area contributed by atoms with E-state index in [1.54, 1.807) is 0 Å². The van der Waals surface area contributed by atoms with Crippen LogP contribution in [0.3, 0.4) is 0 Å². The van der Waals surface area contributed by atoms with Crippen LogP contribution in [-0.4, -0.2) is 38.9 Å². The zero-order valence-corrected chi connectivity index (χ0v) is 7.67. The number of rotatable bonds is 3. The molecule has 0 saturated heterocycles. The van der Waals surface area contributed by atoms with Gasteiger partial charge in [0.05, 0.1) is 7.11 Å². The third-order valence-corrected chi connectivity index (χ3v) is 1.63. The van der Waals surface area contributed by atoms with Crippen LogP contribution < -0.4 is 0 Å². The monoisotopic (exact) mass is 199 g/mol. The number of hydrogen-bond donors (Lipinski definition) is 1. The molecule has 76 valence electrons. The molecular weight excluding hydrogens is 190 g/mol. The van der Waals surface area contributed by atoms with Crippen molar-refractivity contribution in [1.82, 2.24) is 14.8 Å². The second-order valence-corrected chi connectivity index (χ2v) is 2.55. The van der Waals surface area contributed by atoms with E-state index in [9.17, 15) is 9.59 Å². The Balaban J connectivity index is 2.88. The maximum Gasteiger partial charge on any atom is 0.377 e. The summed E-state index contributed by atoms with van der Waals surface area (Å²) in [5.74, 6) is -1.90. The van der Waals surface area contributed by atoms with Gasteiger partial charge < -0.3 is 9.84 Å². The third kappa shape index (κ3) is 1.87. The highest BCUT2D eigenvalue weighted by Crippen LogP contribution is 2.03. The molecule has 0 fully saturated rings. The van der Waals surface area contributed by atoms with Crippen molar-refractivity contribution in [3.63, 3.8) is 0 Å². The Morgan fingerprint density at radius 1 is 1.64 bits per heavy atom. The van der Waals surface area contributed by atoms with Crippen LogP contribution in [0.1, 0.15) is 23.6 Å². The minimum absolute atomic E-state index is 0.152. The Bertz CT molecular complexity index is 360. The summed E-state index contributed by atoms with van der Waals surface area (Å²) < 4.78 is 5.44. The average molecular weight is 199 g/mol. The van der Waals surface area contributed by atoms with Crippen molar-refractivity contribution in [2.45, 2.75) is 13.0 Å². The van der Waals surface area contributed by atoms with Crippen LogP contribution in [0.15, 0.2) is 6.33 Å². The van der Waals surface area contributed by atoms with Crippen molar-refractivity contribution in [3.05, 3.63) is 12.2 Å². The first-order valence-corrected chi connectivity index (χ1v) is 3.78. The van der Waals surface area contributed by atoms with E-state index in [0.717, 1.165) is 4.68 Å². The number of aliphatic carboxylic acids is 1. The van der Waals surface area contributed by atoms with Crippen LogP contribution >= 0.6 is 0 Å². The van der Waals surface area contributed by atoms with Gasteiger partial charge in [-0.1, -0.05) is 0 Å². The number of esters is 1. The van der Waals surface area contributed by atoms with E-state index >= 15 is 0 Å². The number of carbonyl (C=O) groups excluding carboxylic acids is 1. The molecule has 7 heteroatoms. The summed E-state index contributed by atoms with van der Waals surface area (Å²) in [7, 11) is 1.20. The number of hydrogen-bond acceptors (Lipinski definition) is 5. The van der Waals surface area contributed by atoms with Gasteiger partial charge >= 0.3 is 11.9 Å². The first kappa shape index (κ1) is 10.2. The highest BCUT2D eigenvalue weighted by Gasteiger charge is 2.18. The van der Waals surface area contributed by atoms with Gasteiger partial charge in [-0.05, 0) is 6.92 Å². The molecule has 0 aliphatic rings. The van der Waals surface area contributed by atoms with Crippen LogP contribution in [0, 0.1) is 0 Å². The lowest BCUT2D eigenvalue weighted by Gasteiger charge is -2.03. The number of carboxylic acids is 1. The molecule has 0 aliphatic heterocycles. The summed E-state index contributed by atoms with van der Waals surface area (Å²) in [6.07, 6.45) is 1.17. The number of ether oxygens (including phenoxy) is 1. The standard InChI is InChI=1S/C7H9N3O4/c1-4(6(11)12)10-3-8-5(9-10)7(13)14-2/h3-4H,1-2H3,(H,11,12)/t4-/m1/s1. The van der Waals surface area contributed by atoms with Crippen LogP contribution in [0.2, 0.25) is 0 Å². The predicted molar refractivity (Wildman–Crippen MR) is 43.7 cm³/mol. The summed E-state index contributed by atoms with van der Waals surface area (Å²) >= 11 is 0. The number of nitrogens with zero attached hydrogens (tertiary/aromatic N) is 3. The summed E-state index contributed by atoms with van der Waals surface area (Å²) in [6, 6.07) is -0.860. The molecule has 1 atom stereocenters. The van der Waals surface area contributed by atoms with E-state index < -0.39 is 18.0 Å². The molecule has 0 saturated carbocycles. The minimum atomic E-state index is -1.05. The molecule has 1 aromatic rings. The van der Waals surface area contributed by atoms with Crippen molar-refractivity contribution >= 4 is 11.9 Å². The van der Waals surface area contributed by atoms with Gasteiger partial charge in [0.15, 0.2) is 0 Å². The summed E-state index contributed by atoms with van der Waals surface area (Å²) in [6.45, 7) is 1.43. The van der Waals surface area contributed by atoms with Gasteiger partial charge in [0, 0.05) is 0 Å². The fraction of sp³-hybridized carbons (Fsp3) is 0.429. The van der Waals surface area contributed by atoms with E-state index in [4.69, 9.17) is 5.11 Å². The molecule has 0 spiro atoms. The lowest BCUT2D eigenvalue weighted by Crippen LogP contribution is -2.16. The number of aromatic nitrogens is 3. The molecule has 0 radical (unpaired) electrons. The molecule has 14 heavy (non-hydrogen) atoms. The van der Waals surface area contributed by atoms with E-state index in [-0.39, 0.29) is 5.82 Å². The van der Waals surface area contributed by atoms with Gasteiger partial charge in [-0.3, -0.25) is 0 Å². The van der Waals surface area contributed by atoms with Gasteiger partial charge in [0.1, 0.15) is 12.4 Å². The van der Waals surface area contributed by atoms with E-state index in [1.807, 2.05) is 0 Å². The second kappa shape index (κ2) is 3.86. The number of carbonyl (C=O) groups is 2. The molecule has 1 N–H and O–H groups in total. The van der Waals surface area contributed by atoms with Gasteiger partial charge in [0.25, 0.3) is 5.82 Å². The lowest BCUT2D eigenvalue weighted by atomic mass is 10.4. The Hall–Kier alpha value is -1.92. The van der Waals surface area contributed by atoms with E-state index in [0.29, 0.717) is 0 Å². The van der Waals surface area contributed by atoms with E-state index in [2.05, 4.69) is 14.8 Å². The first-order valence-electron chi connectivity index (χ1n) is 3.78. The predicted octanol–water partition coefficient (Wildman–Crippen LogP) is -0.290. The third-order valence-electron chi connectivity index (χ3n) is 1.63. The Morgan fingerprint density at radius 3 is 2.79 bits per heavy atom. The molecule has 0 aliphatic carbocycles. The largest absolute Gasteiger partial charge is 0.480 e. The average Bonchev–Trinajstić information content (AvgIpc) is 2.64. The molecule has 0 bridgehead atoms. The molecule has 7 nitrogen and oxygen atoms in total. The molecule has 0 amide bonds. The molecular formula is C7H9N3O4. The minimum Gasteiger partial charge on any atom is -0.480 e. The maximum atomic E-state index is 10.9. The summed E-state index contributed by atoms with van der Waals surface area (Å²) in [5.41, 5.74) is 0. The quantitative estimate of drug-likeness (QED) is 0.672. The molecule has 0 unspecified atom stereocenters. The number of methoxy groups -OCH3 is 1. The van der Waals surface area contributed by atoms with Crippen LogP contribution in [0.4, 0.5) is 0 Å². The van der Waals surface area contributed by atoms with Crippen molar-refractivity contribution in [2.75, 3.05) is 7.11 Å². The lowest BCUT2D eigenvalue weighted by molar-refractivity contribution is -0.140. The zero-order valence-electron chi connectivity index (χ0n) is 7.67. The Labute approximate surface area is 79.3 Å². The Morgan fingerprint density at radius 2 is 2.29 bits per heavy atom. The summed E-state index contributed by atoms with van der Waals surface area (Å²) in [5, 5.41) is 12.3. The van der Waals surface area contributed by atoms with Crippen molar-refractivity contribution < 1.29 is 19.4 Å². The topological polar surface area (TPSA) is 94.3 Å². The van der Waals surface area contributed by atoms with Crippen molar-refractivity contribution in [3.8, 4) is 0 Å². The SMILES string of the molecule is COC(=O)c1ncn([C@H](C)C(=O)O)n1. The normalized spacial score (nSPS) is 12.1. The zero-order chi connectivity index (χ0) is 10.7. The fourth-order valence-electron chi connectivity index (χ4n) is 0.759. The van der Waals surface area contributed by atoms with Gasteiger partial charge in [0.2, 0.25) is 0 Å². The number of carboxylic acid groups (broad SMARTS) is 1. The fourth-order valence-corrected chi connectivity index (χ4v) is 0.759. The van der Waals surface area contributed by atoms with Gasteiger partial charge in [-0.2, -0.15) is 0 Å². The summed E-state index contributed by atoms with van der Waals surface area (Å²) in [4.78, 5) is 25.1. The maximum absolute atomic E-state index is 10.9. The molecule has 1 aromatic heterocycles. The van der Waals surface area contributed by atoms with Crippen LogP contribution in [0.5, 0.6) is 0 Å². The molecule has 1 rings (SSSR count). The van der Waals surface area contributed by atoms with Crippen LogP contribution in [-0.2, 0) is 9.53 Å². The van der Waals surface area contributed by atoms with Crippen LogP contribution in [0.25, 0.3) is 0 Å². The van der Waals surface area contributed by atoms with Gasteiger partial charge in [-0.15, -0.1) is 5.10 Å².